The van der Waals surface area contributed by atoms with Gasteiger partial charge in [0.1, 0.15) is 0 Å². The van der Waals surface area contributed by atoms with E-state index in [4.69, 9.17) is 0 Å². The van der Waals surface area contributed by atoms with E-state index in [-0.39, 0.29) is 18.2 Å². The van der Waals surface area contributed by atoms with E-state index in [0.29, 0.717) is 5.56 Å². The summed E-state index contributed by atoms with van der Waals surface area (Å²) in [6.07, 6.45) is 3.53. The zero-order valence-corrected chi connectivity index (χ0v) is 9.76. The molecule has 1 heterocycles. The van der Waals surface area contributed by atoms with Gasteiger partial charge in [-0.1, -0.05) is 18.2 Å². The minimum Gasteiger partial charge on any atom is -0.548 e. The maximum atomic E-state index is 12.1. The van der Waals surface area contributed by atoms with Gasteiger partial charge in [0.2, 0.25) is 0 Å². The van der Waals surface area contributed by atoms with E-state index in [1.54, 1.807) is 10.8 Å². The van der Waals surface area contributed by atoms with Crippen LogP contribution in [0.4, 0.5) is 0 Å². The first kappa shape index (κ1) is 11.0. The highest BCUT2D eigenvalue weighted by Crippen LogP contribution is 2.35. The Labute approximate surface area is 104 Å². The van der Waals surface area contributed by atoms with Crippen molar-refractivity contribution in [3.63, 3.8) is 0 Å². The standard InChI is InChI=1S/C14H13NO3/c16-13(17)8-15-7-11(14(18)9-5-6-9)10-3-1-2-4-12(10)15/h1-4,7,9H,5-6,8H2,(H,16,17)/p-1. The van der Waals surface area contributed by atoms with Crippen molar-refractivity contribution >= 4 is 22.7 Å². The predicted octanol–water partition coefficient (Wildman–Crippen LogP) is 0.984. The molecule has 1 aliphatic rings. The molecule has 0 aliphatic heterocycles. The predicted molar refractivity (Wildman–Crippen MR) is 64.0 cm³/mol. The van der Waals surface area contributed by atoms with Crippen LogP contribution in [-0.4, -0.2) is 16.3 Å². The Morgan fingerprint density at radius 2 is 2.00 bits per heavy atom. The molecule has 0 atom stereocenters. The molecule has 92 valence electrons. The SMILES string of the molecule is O=C([O-])Cn1cc(C(=O)C2CC2)c2ccccc21. The van der Waals surface area contributed by atoms with Crippen LogP contribution in [0.2, 0.25) is 0 Å². The van der Waals surface area contributed by atoms with Gasteiger partial charge in [0.15, 0.2) is 5.78 Å². The summed E-state index contributed by atoms with van der Waals surface area (Å²) in [6, 6.07) is 7.37. The number of hydrogen-bond donors (Lipinski definition) is 0. The van der Waals surface area contributed by atoms with Gasteiger partial charge in [-0.05, 0) is 18.9 Å². The zero-order valence-electron chi connectivity index (χ0n) is 9.76. The summed E-state index contributed by atoms with van der Waals surface area (Å²) < 4.78 is 1.57. The molecule has 0 N–H and O–H groups in total. The lowest BCUT2D eigenvalue weighted by atomic mass is 10.1. The number of benzene rings is 1. The lowest BCUT2D eigenvalue weighted by molar-refractivity contribution is -0.306. The van der Waals surface area contributed by atoms with Crippen LogP contribution in [0.1, 0.15) is 23.2 Å². The molecule has 3 rings (SSSR count). The highest BCUT2D eigenvalue weighted by molar-refractivity contribution is 6.10. The second-order valence-electron chi connectivity index (χ2n) is 4.70. The fourth-order valence-corrected chi connectivity index (χ4v) is 2.28. The third-order valence-corrected chi connectivity index (χ3v) is 3.30. The first-order chi connectivity index (χ1) is 8.66. The molecule has 18 heavy (non-hydrogen) atoms. The number of Topliss-reactive ketones (excluding diaryl/α,β-unsaturated/α-hetero) is 1. The van der Waals surface area contributed by atoms with Crippen LogP contribution in [0.5, 0.6) is 0 Å². The number of hydrogen-bond acceptors (Lipinski definition) is 3. The number of ketones is 1. The quantitative estimate of drug-likeness (QED) is 0.751. The Kier molecular flexibility index (Phi) is 2.44. The molecule has 1 fully saturated rings. The van der Waals surface area contributed by atoms with Crippen molar-refractivity contribution in [3.05, 3.63) is 36.0 Å². The zero-order chi connectivity index (χ0) is 12.7. The number of nitrogens with zero attached hydrogens (tertiary/aromatic N) is 1. The van der Waals surface area contributed by atoms with Crippen molar-refractivity contribution in [2.75, 3.05) is 0 Å². The van der Waals surface area contributed by atoms with Crippen molar-refractivity contribution < 1.29 is 14.7 Å². The molecule has 1 aliphatic carbocycles. The maximum Gasteiger partial charge on any atom is 0.168 e. The van der Waals surface area contributed by atoms with Crippen LogP contribution in [-0.2, 0) is 11.3 Å². The first-order valence-electron chi connectivity index (χ1n) is 5.99. The monoisotopic (exact) mass is 242 g/mol. The van der Waals surface area contributed by atoms with Crippen molar-refractivity contribution in [1.29, 1.82) is 0 Å². The van der Waals surface area contributed by atoms with Gasteiger partial charge in [-0.2, -0.15) is 0 Å². The molecule has 0 unspecified atom stereocenters. The molecular weight excluding hydrogens is 230 g/mol. The largest absolute Gasteiger partial charge is 0.548 e. The Morgan fingerprint density at radius 3 is 2.67 bits per heavy atom. The van der Waals surface area contributed by atoms with E-state index in [9.17, 15) is 14.7 Å². The normalized spacial score (nSPS) is 14.9. The molecule has 0 bridgehead atoms. The molecule has 1 saturated carbocycles. The van der Waals surface area contributed by atoms with Crippen molar-refractivity contribution in [1.82, 2.24) is 4.57 Å². The highest BCUT2D eigenvalue weighted by atomic mass is 16.4. The fraction of sp³-hybridized carbons (Fsp3) is 0.286. The summed E-state index contributed by atoms with van der Waals surface area (Å²) in [5, 5.41) is 11.6. The molecule has 4 nitrogen and oxygen atoms in total. The highest BCUT2D eigenvalue weighted by Gasteiger charge is 2.32. The van der Waals surface area contributed by atoms with E-state index in [2.05, 4.69) is 0 Å². The number of aliphatic carboxylic acids is 1. The van der Waals surface area contributed by atoms with Gasteiger partial charge in [0.05, 0.1) is 12.5 Å². The summed E-state index contributed by atoms with van der Waals surface area (Å²) in [7, 11) is 0. The Balaban J connectivity index is 2.13. The lowest BCUT2D eigenvalue weighted by Crippen LogP contribution is -2.27. The van der Waals surface area contributed by atoms with Gasteiger partial charge in [-0.3, -0.25) is 4.79 Å². The van der Waals surface area contributed by atoms with Crippen LogP contribution >= 0.6 is 0 Å². The average molecular weight is 242 g/mol. The number of carboxylic acids is 1. The first-order valence-corrected chi connectivity index (χ1v) is 5.99. The third kappa shape index (κ3) is 1.79. The van der Waals surface area contributed by atoms with Crippen molar-refractivity contribution in [2.45, 2.75) is 19.4 Å². The molecule has 0 radical (unpaired) electrons. The number of aromatic nitrogens is 1. The summed E-state index contributed by atoms with van der Waals surface area (Å²) in [5.41, 5.74) is 1.40. The smallest absolute Gasteiger partial charge is 0.168 e. The Bertz CT molecular complexity index is 638. The van der Waals surface area contributed by atoms with E-state index in [1.807, 2.05) is 24.3 Å². The lowest BCUT2D eigenvalue weighted by Gasteiger charge is -2.04. The fourth-order valence-electron chi connectivity index (χ4n) is 2.28. The second kappa shape index (κ2) is 3.98. The number of carbonyl (C=O) groups excluding carboxylic acids is 2. The molecule has 1 aromatic carbocycles. The maximum absolute atomic E-state index is 12.1. The number of carbonyl (C=O) groups is 2. The van der Waals surface area contributed by atoms with E-state index >= 15 is 0 Å². The molecule has 0 spiro atoms. The van der Waals surface area contributed by atoms with E-state index < -0.39 is 5.97 Å². The molecule has 1 aromatic heterocycles. The summed E-state index contributed by atoms with van der Waals surface area (Å²) >= 11 is 0. The minimum atomic E-state index is -1.15. The van der Waals surface area contributed by atoms with E-state index in [0.717, 1.165) is 23.7 Å². The Hall–Kier alpha value is -2.10. The van der Waals surface area contributed by atoms with Gasteiger partial charge >= 0.3 is 0 Å². The summed E-state index contributed by atoms with van der Waals surface area (Å²) in [5.74, 6) is -0.892. The van der Waals surface area contributed by atoms with Crippen LogP contribution in [0.15, 0.2) is 30.5 Å². The van der Waals surface area contributed by atoms with Crippen molar-refractivity contribution in [2.24, 2.45) is 5.92 Å². The number of rotatable bonds is 4. The number of carboxylic acid groups (broad SMARTS) is 1. The average Bonchev–Trinajstić information content (AvgIpc) is 3.13. The Morgan fingerprint density at radius 1 is 1.28 bits per heavy atom. The van der Waals surface area contributed by atoms with Crippen molar-refractivity contribution in [3.8, 4) is 0 Å². The number of fused-ring (bicyclic) bond motifs is 1. The minimum absolute atomic E-state index is 0.128. The van der Waals surface area contributed by atoms with Gasteiger partial charge < -0.3 is 14.5 Å². The summed E-state index contributed by atoms with van der Waals surface area (Å²) in [4.78, 5) is 22.9. The topological polar surface area (TPSA) is 62.1 Å². The molecule has 2 aromatic rings. The van der Waals surface area contributed by atoms with Gasteiger partial charge in [-0.15, -0.1) is 0 Å². The van der Waals surface area contributed by atoms with Gasteiger partial charge in [-0.25, -0.2) is 0 Å². The molecule has 0 saturated heterocycles. The van der Waals surface area contributed by atoms with Crippen LogP contribution in [0, 0.1) is 5.92 Å². The van der Waals surface area contributed by atoms with E-state index in [1.165, 1.54) is 0 Å². The van der Waals surface area contributed by atoms with Crippen LogP contribution in [0.3, 0.4) is 0 Å². The number of para-hydroxylation sites is 1. The van der Waals surface area contributed by atoms with Crippen LogP contribution in [0.25, 0.3) is 10.9 Å². The second-order valence-corrected chi connectivity index (χ2v) is 4.70. The summed E-state index contributed by atoms with van der Waals surface area (Å²) in [6.45, 7) is -0.224. The van der Waals surface area contributed by atoms with Crippen LogP contribution < -0.4 is 5.11 Å². The third-order valence-electron chi connectivity index (χ3n) is 3.30. The van der Waals surface area contributed by atoms with Gasteiger partial charge in [0.25, 0.3) is 0 Å². The van der Waals surface area contributed by atoms with Gasteiger partial charge in [0, 0.05) is 28.6 Å². The molecule has 0 amide bonds. The molecular formula is C14H12NO3-. The molecule has 4 heteroatoms.